The van der Waals surface area contributed by atoms with Gasteiger partial charge in [-0.25, -0.2) is 0 Å². The fourth-order valence-corrected chi connectivity index (χ4v) is 3.29. The first-order chi connectivity index (χ1) is 12.2. The Kier molecular flexibility index (Phi) is 7.70. The lowest BCUT2D eigenvalue weighted by Gasteiger charge is -2.25. The first kappa shape index (κ1) is 19.2. The Bertz CT molecular complexity index is 552. The average Bonchev–Trinajstić information content (AvgIpc) is 3.13. The summed E-state index contributed by atoms with van der Waals surface area (Å²) < 4.78 is 0. The molecule has 0 unspecified atom stereocenters. The molecule has 1 amide bonds. The van der Waals surface area contributed by atoms with Gasteiger partial charge in [0.25, 0.3) is 5.91 Å². The van der Waals surface area contributed by atoms with Gasteiger partial charge in [-0.05, 0) is 43.7 Å². The lowest BCUT2D eigenvalue weighted by molar-refractivity contribution is 0.0954. The van der Waals surface area contributed by atoms with Crippen LogP contribution in [0.15, 0.2) is 29.5 Å². The van der Waals surface area contributed by atoms with Crippen LogP contribution in [0.3, 0.4) is 0 Å². The number of rotatable bonds is 8. The molecule has 0 aliphatic heterocycles. The van der Waals surface area contributed by atoms with Crippen molar-refractivity contribution in [3.8, 4) is 0 Å². The largest absolute Gasteiger partial charge is 0.357 e. The SMILES string of the molecule is CCNC(=NCC1(CC)CCCC1)NCCNC(=O)c1cccnc1. The number of nitrogens with zero attached hydrogens (tertiary/aromatic N) is 2. The smallest absolute Gasteiger partial charge is 0.252 e. The lowest BCUT2D eigenvalue weighted by Crippen LogP contribution is -2.42. The fraction of sp³-hybridized carbons (Fsp3) is 0.632. The number of aliphatic imine (C=N–C) groups is 1. The molecule has 3 N–H and O–H groups in total. The predicted molar refractivity (Wildman–Crippen MR) is 102 cm³/mol. The van der Waals surface area contributed by atoms with Crippen molar-refractivity contribution in [2.75, 3.05) is 26.2 Å². The molecule has 6 nitrogen and oxygen atoms in total. The highest BCUT2D eigenvalue weighted by atomic mass is 16.1. The molecule has 25 heavy (non-hydrogen) atoms. The maximum atomic E-state index is 12.0. The second-order valence-corrected chi connectivity index (χ2v) is 6.68. The van der Waals surface area contributed by atoms with Crippen molar-refractivity contribution in [2.45, 2.75) is 46.0 Å². The molecule has 2 rings (SSSR count). The van der Waals surface area contributed by atoms with Gasteiger partial charge in [-0.3, -0.25) is 14.8 Å². The van der Waals surface area contributed by atoms with Gasteiger partial charge in [0.1, 0.15) is 0 Å². The van der Waals surface area contributed by atoms with Gasteiger partial charge in [0, 0.05) is 38.6 Å². The van der Waals surface area contributed by atoms with Gasteiger partial charge in [0.15, 0.2) is 5.96 Å². The maximum absolute atomic E-state index is 12.0. The summed E-state index contributed by atoms with van der Waals surface area (Å²) in [6, 6.07) is 3.52. The zero-order chi connectivity index (χ0) is 18.0. The van der Waals surface area contributed by atoms with Crippen LogP contribution in [0.4, 0.5) is 0 Å². The Labute approximate surface area is 150 Å². The summed E-state index contributed by atoms with van der Waals surface area (Å²) in [7, 11) is 0. The molecular formula is C19H31N5O. The van der Waals surface area contributed by atoms with Gasteiger partial charge in [-0.2, -0.15) is 0 Å². The second-order valence-electron chi connectivity index (χ2n) is 6.68. The van der Waals surface area contributed by atoms with E-state index in [2.05, 4.69) is 34.8 Å². The van der Waals surface area contributed by atoms with Crippen molar-refractivity contribution in [3.63, 3.8) is 0 Å². The molecule has 1 aliphatic rings. The van der Waals surface area contributed by atoms with E-state index >= 15 is 0 Å². The van der Waals surface area contributed by atoms with Gasteiger partial charge in [-0.15, -0.1) is 0 Å². The molecule has 0 bridgehead atoms. The van der Waals surface area contributed by atoms with Crippen molar-refractivity contribution >= 4 is 11.9 Å². The summed E-state index contributed by atoms with van der Waals surface area (Å²) >= 11 is 0. The van der Waals surface area contributed by atoms with E-state index in [0.717, 1.165) is 19.0 Å². The number of hydrogen-bond acceptors (Lipinski definition) is 3. The minimum Gasteiger partial charge on any atom is -0.357 e. The maximum Gasteiger partial charge on any atom is 0.252 e. The second kappa shape index (κ2) is 10.0. The minimum absolute atomic E-state index is 0.104. The van der Waals surface area contributed by atoms with E-state index in [4.69, 9.17) is 4.99 Å². The van der Waals surface area contributed by atoms with Crippen LogP contribution in [0, 0.1) is 5.41 Å². The van der Waals surface area contributed by atoms with E-state index in [1.165, 1.54) is 32.1 Å². The highest BCUT2D eigenvalue weighted by Gasteiger charge is 2.31. The molecule has 1 aromatic rings. The van der Waals surface area contributed by atoms with E-state index in [-0.39, 0.29) is 5.91 Å². The summed E-state index contributed by atoms with van der Waals surface area (Å²) in [5.41, 5.74) is 0.964. The number of pyridine rings is 1. The fourth-order valence-electron chi connectivity index (χ4n) is 3.29. The summed E-state index contributed by atoms with van der Waals surface area (Å²) in [6.45, 7) is 7.21. The summed E-state index contributed by atoms with van der Waals surface area (Å²) in [5.74, 6) is 0.727. The van der Waals surface area contributed by atoms with E-state index in [0.29, 0.717) is 24.1 Å². The van der Waals surface area contributed by atoms with E-state index < -0.39 is 0 Å². The monoisotopic (exact) mass is 345 g/mol. The van der Waals surface area contributed by atoms with Crippen LogP contribution < -0.4 is 16.0 Å². The van der Waals surface area contributed by atoms with Crippen molar-refractivity contribution in [3.05, 3.63) is 30.1 Å². The van der Waals surface area contributed by atoms with Crippen molar-refractivity contribution in [1.29, 1.82) is 0 Å². The lowest BCUT2D eigenvalue weighted by atomic mass is 9.84. The molecule has 1 aromatic heterocycles. The van der Waals surface area contributed by atoms with Crippen molar-refractivity contribution < 1.29 is 4.79 Å². The molecule has 138 valence electrons. The Balaban J connectivity index is 1.77. The van der Waals surface area contributed by atoms with Crippen LogP contribution in [-0.4, -0.2) is 43.0 Å². The zero-order valence-electron chi connectivity index (χ0n) is 15.5. The Hall–Kier alpha value is -2.11. The number of aromatic nitrogens is 1. The van der Waals surface area contributed by atoms with E-state index in [1.807, 2.05) is 0 Å². The normalized spacial score (nSPS) is 16.5. The molecule has 0 spiro atoms. The number of guanidine groups is 1. The predicted octanol–water partition coefficient (Wildman–Crippen LogP) is 2.34. The van der Waals surface area contributed by atoms with Gasteiger partial charge in [0.05, 0.1) is 5.56 Å². The third-order valence-electron chi connectivity index (χ3n) is 4.96. The van der Waals surface area contributed by atoms with E-state index in [9.17, 15) is 4.79 Å². The number of carbonyl (C=O) groups is 1. The van der Waals surface area contributed by atoms with Gasteiger partial charge < -0.3 is 16.0 Å². The number of hydrogen-bond donors (Lipinski definition) is 3. The van der Waals surface area contributed by atoms with Crippen LogP contribution in [0.1, 0.15) is 56.3 Å². The number of carbonyl (C=O) groups excluding carboxylic acids is 1. The highest BCUT2D eigenvalue weighted by Crippen LogP contribution is 2.41. The molecule has 0 saturated heterocycles. The molecule has 1 fully saturated rings. The topological polar surface area (TPSA) is 78.4 Å². The summed E-state index contributed by atoms with van der Waals surface area (Å²) in [4.78, 5) is 20.7. The minimum atomic E-state index is -0.104. The van der Waals surface area contributed by atoms with Crippen LogP contribution in [0.2, 0.25) is 0 Å². The first-order valence-corrected chi connectivity index (χ1v) is 9.39. The van der Waals surface area contributed by atoms with E-state index in [1.54, 1.807) is 24.5 Å². The van der Waals surface area contributed by atoms with Crippen LogP contribution in [-0.2, 0) is 0 Å². The first-order valence-electron chi connectivity index (χ1n) is 9.39. The molecule has 0 atom stereocenters. The third kappa shape index (κ3) is 6.03. The van der Waals surface area contributed by atoms with Gasteiger partial charge >= 0.3 is 0 Å². The third-order valence-corrected chi connectivity index (χ3v) is 4.96. The zero-order valence-corrected chi connectivity index (χ0v) is 15.5. The molecule has 1 heterocycles. The Morgan fingerprint density at radius 3 is 2.60 bits per heavy atom. The molecule has 6 heteroatoms. The molecule has 0 radical (unpaired) electrons. The van der Waals surface area contributed by atoms with Crippen LogP contribution >= 0.6 is 0 Å². The van der Waals surface area contributed by atoms with Gasteiger partial charge in [0.2, 0.25) is 0 Å². The number of amides is 1. The van der Waals surface area contributed by atoms with Crippen molar-refractivity contribution in [2.24, 2.45) is 10.4 Å². The van der Waals surface area contributed by atoms with Crippen LogP contribution in [0.25, 0.3) is 0 Å². The molecule has 1 aliphatic carbocycles. The van der Waals surface area contributed by atoms with Crippen molar-refractivity contribution in [1.82, 2.24) is 20.9 Å². The standard InChI is InChI=1S/C19H31N5O/c1-3-19(9-5-6-10-19)15-24-18(21-4-2)23-13-12-22-17(25)16-8-7-11-20-14-16/h7-8,11,14H,3-6,9-10,12-13,15H2,1-2H3,(H,22,25)(H2,21,23,24). The van der Waals surface area contributed by atoms with Gasteiger partial charge in [-0.1, -0.05) is 19.8 Å². The molecule has 0 aromatic carbocycles. The Morgan fingerprint density at radius 2 is 1.96 bits per heavy atom. The average molecular weight is 345 g/mol. The quantitative estimate of drug-likeness (QED) is 0.384. The summed E-state index contributed by atoms with van der Waals surface area (Å²) in [6.07, 6.45) is 9.64. The Morgan fingerprint density at radius 1 is 1.20 bits per heavy atom. The summed E-state index contributed by atoms with van der Waals surface area (Å²) in [5, 5.41) is 9.47. The molecular weight excluding hydrogens is 314 g/mol. The molecule has 1 saturated carbocycles. The highest BCUT2D eigenvalue weighted by molar-refractivity contribution is 5.93. The number of nitrogens with one attached hydrogen (secondary N) is 3. The van der Waals surface area contributed by atoms with Crippen LogP contribution in [0.5, 0.6) is 0 Å².